The van der Waals surface area contributed by atoms with Gasteiger partial charge in [-0.3, -0.25) is 0 Å². The molecular formula is C16H25NO. The lowest BCUT2D eigenvalue weighted by molar-refractivity contribution is -0.0311. The number of rotatable bonds is 3. The van der Waals surface area contributed by atoms with Gasteiger partial charge in [-0.15, -0.1) is 0 Å². The van der Waals surface area contributed by atoms with Gasteiger partial charge in [0.15, 0.2) is 0 Å². The Labute approximate surface area is 111 Å². The highest BCUT2D eigenvalue weighted by atomic mass is 16.5. The minimum Gasteiger partial charge on any atom is -0.377 e. The molecule has 0 aromatic rings. The molecule has 0 heterocycles. The highest BCUT2D eigenvalue weighted by Gasteiger charge is 2.30. The molecule has 0 N–H and O–H groups in total. The molecular weight excluding hydrogens is 222 g/mol. The molecule has 18 heavy (non-hydrogen) atoms. The largest absolute Gasteiger partial charge is 0.377 e. The second-order valence-corrected chi connectivity index (χ2v) is 6.21. The third-order valence-electron chi connectivity index (χ3n) is 4.66. The summed E-state index contributed by atoms with van der Waals surface area (Å²) in [7, 11) is 0. The summed E-state index contributed by atoms with van der Waals surface area (Å²) < 4.78 is 6.11. The third-order valence-corrected chi connectivity index (χ3v) is 4.66. The molecule has 0 saturated heterocycles. The Morgan fingerprint density at radius 1 is 1.22 bits per heavy atom. The van der Waals surface area contributed by atoms with Crippen LogP contribution in [-0.2, 0) is 4.74 Å². The molecule has 0 aromatic heterocycles. The Bertz CT molecular complexity index is 330. The van der Waals surface area contributed by atoms with E-state index in [0.29, 0.717) is 11.8 Å². The van der Waals surface area contributed by atoms with Gasteiger partial charge >= 0.3 is 0 Å². The van der Waals surface area contributed by atoms with Crippen molar-refractivity contribution < 1.29 is 4.74 Å². The first-order chi connectivity index (χ1) is 8.70. The number of allylic oxidation sites excluding steroid dienone is 2. The quantitative estimate of drug-likeness (QED) is 0.708. The fourth-order valence-electron chi connectivity index (χ4n) is 3.15. The highest BCUT2D eigenvalue weighted by Crippen LogP contribution is 2.32. The molecule has 1 fully saturated rings. The molecule has 2 heteroatoms. The molecule has 5 atom stereocenters. The number of ether oxygens (including phenoxy) is 1. The highest BCUT2D eigenvalue weighted by molar-refractivity contribution is 4.95. The second-order valence-electron chi connectivity index (χ2n) is 6.21. The lowest BCUT2D eigenvalue weighted by atomic mass is 9.81. The van der Waals surface area contributed by atoms with Crippen LogP contribution in [0.2, 0.25) is 0 Å². The topological polar surface area (TPSA) is 33.0 Å². The van der Waals surface area contributed by atoms with Gasteiger partial charge in [0, 0.05) is 0 Å². The zero-order chi connectivity index (χ0) is 13.0. The summed E-state index contributed by atoms with van der Waals surface area (Å²) in [6.45, 7) is 5.42. The van der Waals surface area contributed by atoms with E-state index in [1.165, 1.54) is 12.8 Å². The third kappa shape index (κ3) is 3.36. The van der Waals surface area contributed by atoms with Crippen molar-refractivity contribution in [2.45, 2.75) is 52.1 Å². The Kier molecular flexibility index (Phi) is 4.83. The van der Waals surface area contributed by atoms with Crippen molar-refractivity contribution in [2.75, 3.05) is 6.61 Å². The van der Waals surface area contributed by atoms with E-state index in [2.05, 4.69) is 32.1 Å². The van der Waals surface area contributed by atoms with Crippen molar-refractivity contribution in [3.8, 4) is 6.07 Å². The van der Waals surface area contributed by atoms with Crippen LogP contribution in [0.15, 0.2) is 12.2 Å². The van der Waals surface area contributed by atoms with Crippen LogP contribution in [0.4, 0.5) is 0 Å². The van der Waals surface area contributed by atoms with Crippen LogP contribution in [0.25, 0.3) is 0 Å². The molecule has 2 aliphatic carbocycles. The maximum absolute atomic E-state index is 9.20. The maximum atomic E-state index is 9.20. The lowest BCUT2D eigenvalue weighted by Gasteiger charge is -2.33. The first-order valence-electron chi connectivity index (χ1n) is 7.37. The summed E-state index contributed by atoms with van der Waals surface area (Å²) in [5.74, 6) is 2.20. The predicted molar refractivity (Wildman–Crippen MR) is 72.9 cm³/mol. The fraction of sp³-hybridized carbons (Fsp3) is 0.812. The first-order valence-corrected chi connectivity index (χ1v) is 7.37. The molecule has 2 nitrogen and oxygen atoms in total. The van der Waals surface area contributed by atoms with Gasteiger partial charge in [-0.2, -0.15) is 5.26 Å². The lowest BCUT2D eigenvalue weighted by Crippen LogP contribution is -2.33. The van der Waals surface area contributed by atoms with Gasteiger partial charge in [-0.05, 0) is 49.9 Å². The molecule has 0 aromatic carbocycles. The molecule has 5 unspecified atom stereocenters. The zero-order valence-electron chi connectivity index (χ0n) is 11.6. The fourth-order valence-corrected chi connectivity index (χ4v) is 3.15. The van der Waals surface area contributed by atoms with Gasteiger partial charge in [0.2, 0.25) is 0 Å². The Balaban J connectivity index is 1.84. The van der Waals surface area contributed by atoms with Gasteiger partial charge in [0.25, 0.3) is 0 Å². The summed E-state index contributed by atoms with van der Waals surface area (Å²) in [5.41, 5.74) is 0. The van der Waals surface area contributed by atoms with Crippen LogP contribution < -0.4 is 0 Å². The van der Waals surface area contributed by atoms with Gasteiger partial charge in [-0.25, -0.2) is 0 Å². The van der Waals surface area contributed by atoms with Crippen molar-refractivity contribution in [1.29, 1.82) is 5.26 Å². The van der Waals surface area contributed by atoms with Crippen molar-refractivity contribution in [2.24, 2.45) is 23.7 Å². The zero-order valence-corrected chi connectivity index (χ0v) is 11.6. The van der Waals surface area contributed by atoms with Crippen LogP contribution in [0, 0.1) is 35.0 Å². The van der Waals surface area contributed by atoms with Gasteiger partial charge < -0.3 is 4.74 Å². The van der Waals surface area contributed by atoms with Crippen molar-refractivity contribution in [3.63, 3.8) is 0 Å². The normalized spacial score (nSPS) is 40.4. The molecule has 0 spiro atoms. The number of nitrogens with zero attached hydrogens (tertiary/aromatic N) is 1. The molecule has 0 radical (unpaired) electrons. The van der Waals surface area contributed by atoms with Crippen LogP contribution in [-0.4, -0.2) is 12.7 Å². The number of hydrogen-bond acceptors (Lipinski definition) is 2. The minimum absolute atomic E-state index is 0.121. The first kappa shape index (κ1) is 13.6. The van der Waals surface area contributed by atoms with Crippen molar-refractivity contribution >= 4 is 0 Å². The van der Waals surface area contributed by atoms with E-state index in [-0.39, 0.29) is 12.0 Å². The average molecular weight is 247 g/mol. The van der Waals surface area contributed by atoms with E-state index in [1.54, 1.807) is 0 Å². The molecule has 2 aliphatic rings. The Hall–Kier alpha value is -0.810. The van der Waals surface area contributed by atoms with Gasteiger partial charge in [0.1, 0.15) is 0 Å². The maximum Gasteiger partial charge on any atom is 0.0735 e. The number of hydrogen-bond donors (Lipinski definition) is 0. The number of nitriles is 1. The van der Waals surface area contributed by atoms with E-state index in [1.807, 2.05) is 0 Å². The van der Waals surface area contributed by atoms with E-state index in [0.717, 1.165) is 31.8 Å². The van der Waals surface area contributed by atoms with E-state index in [9.17, 15) is 5.26 Å². The summed E-state index contributed by atoms with van der Waals surface area (Å²) in [4.78, 5) is 0. The molecule has 100 valence electrons. The summed E-state index contributed by atoms with van der Waals surface area (Å²) >= 11 is 0. The van der Waals surface area contributed by atoms with E-state index >= 15 is 0 Å². The molecule has 0 amide bonds. The molecule has 2 rings (SSSR count). The standard InChI is InChI=1S/C16H25NO/c1-12-7-8-14(10-17)16(9-12)18-11-15-6-4-3-5-13(15)2/h3-4,12-16H,5-9,11H2,1-2H3. The summed E-state index contributed by atoms with van der Waals surface area (Å²) in [5, 5.41) is 9.20. The smallest absolute Gasteiger partial charge is 0.0735 e. The molecule has 0 aliphatic heterocycles. The second kappa shape index (κ2) is 6.38. The predicted octanol–water partition coefficient (Wildman–Crippen LogP) is 3.93. The van der Waals surface area contributed by atoms with Crippen LogP contribution >= 0.6 is 0 Å². The average Bonchev–Trinajstić information content (AvgIpc) is 2.38. The summed E-state index contributed by atoms with van der Waals surface area (Å²) in [6.07, 6.45) is 10.3. The minimum atomic E-state index is 0.121. The Morgan fingerprint density at radius 3 is 2.72 bits per heavy atom. The van der Waals surface area contributed by atoms with Crippen LogP contribution in [0.1, 0.15) is 46.0 Å². The van der Waals surface area contributed by atoms with Crippen molar-refractivity contribution in [1.82, 2.24) is 0 Å². The monoisotopic (exact) mass is 247 g/mol. The van der Waals surface area contributed by atoms with Crippen molar-refractivity contribution in [3.05, 3.63) is 12.2 Å². The van der Waals surface area contributed by atoms with E-state index < -0.39 is 0 Å². The van der Waals surface area contributed by atoms with E-state index in [4.69, 9.17) is 4.74 Å². The summed E-state index contributed by atoms with van der Waals surface area (Å²) in [6, 6.07) is 2.43. The van der Waals surface area contributed by atoms with Crippen LogP contribution in [0.3, 0.4) is 0 Å². The SMILES string of the molecule is CC1CCC(C#N)C(OCC2CC=CCC2C)C1. The Morgan fingerprint density at radius 2 is 2.00 bits per heavy atom. The molecule has 1 saturated carbocycles. The van der Waals surface area contributed by atoms with Gasteiger partial charge in [-0.1, -0.05) is 26.0 Å². The van der Waals surface area contributed by atoms with Crippen LogP contribution in [0.5, 0.6) is 0 Å². The van der Waals surface area contributed by atoms with Gasteiger partial charge in [0.05, 0.1) is 24.7 Å². The molecule has 0 bridgehead atoms.